The molecule has 3 aromatic rings. The number of nitrogens with zero attached hydrogens (tertiary/aromatic N) is 4. The number of hydrogen-bond donors (Lipinski definition) is 1. The number of fused-ring (bicyclic) bond motifs is 2. The summed E-state index contributed by atoms with van der Waals surface area (Å²) in [6.45, 7) is 3.77. The van der Waals surface area contributed by atoms with Gasteiger partial charge in [0.25, 0.3) is 11.8 Å². The van der Waals surface area contributed by atoms with Gasteiger partial charge in [0.1, 0.15) is 11.5 Å². The maximum absolute atomic E-state index is 13.9. The number of Topliss-reactive ketones (excluding diaryl/α,β-unsaturated/α-hetero) is 1. The van der Waals surface area contributed by atoms with Crippen LogP contribution in [0.15, 0.2) is 119 Å². The van der Waals surface area contributed by atoms with Crippen molar-refractivity contribution in [1.82, 2.24) is 4.90 Å². The molecule has 51 heavy (non-hydrogen) atoms. The van der Waals surface area contributed by atoms with Crippen LogP contribution in [-0.4, -0.2) is 51.7 Å². The average molecular weight is 685 g/mol. The molecule has 10 heteroatoms. The highest BCUT2D eigenvalue weighted by Gasteiger charge is 2.48. The Balaban J connectivity index is 1.20. The number of carbonyl (C=O) groups is 4. The number of para-hydroxylation sites is 2. The Morgan fingerprint density at radius 1 is 0.882 bits per heavy atom. The highest BCUT2D eigenvalue weighted by Crippen LogP contribution is 2.46. The van der Waals surface area contributed by atoms with Gasteiger partial charge in [0.15, 0.2) is 11.5 Å². The van der Waals surface area contributed by atoms with E-state index in [0.29, 0.717) is 31.4 Å². The summed E-state index contributed by atoms with van der Waals surface area (Å²) in [6, 6.07) is 21.3. The van der Waals surface area contributed by atoms with Gasteiger partial charge in [0, 0.05) is 29.6 Å². The third-order valence-corrected chi connectivity index (χ3v) is 10.5. The molecular formula is C41H40N4O6. The van der Waals surface area contributed by atoms with E-state index in [9.17, 15) is 24.3 Å². The number of aliphatic hydroxyl groups is 1. The summed E-state index contributed by atoms with van der Waals surface area (Å²) in [6.07, 6.45) is 12.3. The van der Waals surface area contributed by atoms with Crippen LogP contribution in [0.5, 0.6) is 5.75 Å². The van der Waals surface area contributed by atoms with Crippen LogP contribution in [-0.2, 0) is 4.79 Å². The number of amides is 2. The van der Waals surface area contributed by atoms with Crippen LogP contribution in [0.25, 0.3) is 0 Å². The van der Waals surface area contributed by atoms with E-state index < -0.39 is 35.7 Å². The minimum absolute atomic E-state index is 0.0290. The van der Waals surface area contributed by atoms with Crippen molar-refractivity contribution in [2.24, 2.45) is 22.1 Å². The van der Waals surface area contributed by atoms with Crippen LogP contribution >= 0.6 is 0 Å². The Morgan fingerprint density at radius 2 is 1.59 bits per heavy atom. The Morgan fingerprint density at radius 3 is 2.27 bits per heavy atom. The van der Waals surface area contributed by atoms with E-state index in [2.05, 4.69) is 45.5 Å². The van der Waals surface area contributed by atoms with Gasteiger partial charge in [-0.15, -0.1) is 10.2 Å². The van der Waals surface area contributed by atoms with Gasteiger partial charge in [-0.1, -0.05) is 74.5 Å². The van der Waals surface area contributed by atoms with Crippen molar-refractivity contribution < 1.29 is 29.0 Å². The van der Waals surface area contributed by atoms with Crippen molar-refractivity contribution in [3.63, 3.8) is 0 Å². The minimum atomic E-state index is -0.789. The lowest BCUT2D eigenvalue weighted by Crippen LogP contribution is -2.47. The maximum atomic E-state index is 13.9. The minimum Gasteiger partial charge on any atom is -0.510 e. The monoisotopic (exact) mass is 684 g/mol. The first-order valence-corrected chi connectivity index (χ1v) is 17.7. The van der Waals surface area contributed by atoms with Crippen molar-refractivity contribution >= 4 is 34.9 Å². The number of rotatable bonds is 10. The van der Waals surface area contributed by atoms with Gasteiger partial charge >= 0.3 is 5.97 Å². The molecule has 1 N–H and O–H groups in total. The topological polar surface area (TPSA) is 129 Å². The molecule has 0 radical (unpaired) electrons. The quantitative estimate of drug-likeness (QED) is 0.0984. The molecule has 3 aromatic carbocycles. The molecule has 10 nitrogen and oxygen atoms in total. The third-order valence-electron chi connectivity index (χ3n) is 10.5. The summed E-state index contributed by atoms with van der Waals surface area (Å²) < 4.78 is 5.54. The lowest BCUT2D eigenvalue weighted by molar-refractivity contribution is -0.120. The van der Waals surface area contributed by atoms with Crippen molar-refractivity contribution in [3.05, 3.63) is 125 Å². The second-order valence-electron chi connectivity index (χ2n) is 13.4. The number of anilines is 1. The van der Waals surface area contributed by atoms with Crippen LogP contribution in [0.3, 0.4) is 0 Å². The Labute approximate surface area is 296 Å². The molecule has 1 saturated carbocycles. The number of azo groups is 1. The second-order valence-corrected chi connectivity index (χ2v) is 13.4. The molecular weight excluding hydrogens is 644 g/mol. The summed E-state index contributed by atoms with van der Waals surface area (Å²) in [5, 5.41) is 20.1. The molecule has 1 aliphatic heterocycles. The number of esters is 1. The molecule has 4 atom stereocenters. The number of aliphatic hydroxyl groups excluding tert-OH is 1. The first kappa shape index (κ1) is 33.8. The molecule has 1 fully saturated rings. The maximum Gasteiger partial charge on any atom is 0.344 e. The molecule has 3 aliphatic carbocycles. The number of ketones is 1. The molecule has 260 valence electrons. The van der Waals surface area contributed by atoms with Crippen molar-refractivity contribution in [2.75, 3.05) is 4.90 Å². The highest BCUT2D eigenvalue weighted by molar-refractivity contribution is 6.26. The first-order valence-electron chi connectivity index (χ1n) is 17.7. The van der Waals surface area contributed by atoms with E-state index in [0.717, 1.165) is 18.5 Å². The SMILES string of the molecule is CCC(CC)N1C(=O)c2c(N=NC3=C(O)C4CC(N(c5ccccc5)C5C=CC=CC5)CCC4C3=O)ccc(C(=O)Oc3ccccc3)c2C1=O. The second kappa shape index (κ2) is 14.3. The van der Waals surface area contributed by atoms with Gasteiger partial charge in [-0.25, -0.2) is 4.79 Å². The number of allylic oxidation sites excluding steroid dienone is 4. The van der Waals surface area contributed by atoms with E-state index >= 15 is 0 Å². The summed E-state index contributed by atoms with van der Waals surface area (Å²) in [7, 11) is 0. The molecule has 4 unspecified atom stereocenters. The average Bonchev–Trinajstić information content (AvgIpc) is 3.56. The molecule has 0 saturated heterocycles. The van der Waals surface area contributed by atoms with Crippen LogP contribution < -0.4 is 9.64 Å². The largest absolute Gasteiger partial charge is 0.510 e. The summed E-state index contributed by atoms with van der Waals surface area (Å²) in [4.78, 5) is 58.4. The standard InChI is InChI=1S/C41H40N4O6/c1-3-25(4-2)45-39(48)34-31(41(50)51-29-18-12-7-13-19-29)22-23-33(35(34)40(45)49)42-43-36-37(46)30-21-20-28(24-32(30)38(36)47)44(26-14-8-5-9-15-26)27-16-10-6-11-17-27/h5-16,18-19,22-23,25,27-28,30,32,47H,3-4,17,20-21,24H2,1-2H3. The van der Waals surface area contributed by atoms with E-state index in [1.807, 2.05) is 38.1 Å². The van der Waals surface area contributed by atoms with E-state index in [-0.39, 0.29) is 51.7 Å². The highest BCUT2D eigenvalue weighted by atomic mass is 16.5. The fourth-order valence-corrected chi connectivity index (χ4v) is 8.00. The predicted octanol–water partition coefficient (Wildman–Crippen LogP) is 8.30. The van der Waals surface area contributed by atoms with Crippen LogP contribution in [0.2, 0.25) is 0 Å². The van der Waals surface area contributed by atoms with Crippen LogP contribution in [0.4, 0.5) is 11.4 Å². The van der Waals surface area contributed by atoms with Crippen LogP contribution in [0, 0.1) is 11.8 Å². The molecule has 2 amide bonds. The van der Waals surface area contributed by atoms with Gasteiger partial charge in [-0.05, 0) is 74.9 Å². The molecule has 0 spiro atoms. The smallest absolute Gasteiger partial charge is 0.344 e. The molecule has 1 heterocycles. The molecule has 7 rings (SSSR count). The lowest BCUT2D eigenvalue weighted by atomic mass is 9.76. The van der Waals surface area contributed by atoms with E-state index in [1.54, 1.807) is 30.3 Å². The number of imide groups is 1. The number of hydrogen-bond acceptors (Lipinski definition) is 9. The zero-order chi connectivity index (χ0) is 35.6. The van der Waals surface area contributed by atoms with E-state index in [1.165, 1.54) is 17.0 Å². The van der Waals surface area contributed by atoms with E-state index in [4.69, 9.17) is 4.74 Å². The Kier molecular flexibility index (Phi) is 9.49. The fourth-order valence-electron chi connectivity index (χ4n) is 8.00. The van der Waals surface area contributed by atoms with Crippen LogP contribution in [0.1, 0.15) is 83.4 Å². The normalized spacial score (nSPS) is 22.6. The summed E-state index contributed by atoms with van der Waals surface area (Å²) in [5.41, 5.74) is 0.736. The van der Waals surface area contributed by atoms with Gasteiger partial charge < -0.3 is 14.7 Å². The third kappa shape index (κ3) is 6.19. The Bertz CT molecular complexity index is 1980. The fraction of sp³-hybridized carbons (Fsp3) is 0.317. The van der Waals surface area contributed by atoms with Gasteiger partial charge in [0.05, 0.1) is 28.4 Å². The van der Waals surface area contributed by atoms with Crippen molar-refractivity contribution in [1.29, 1.82) is 0 Å². The van der Waals surface area contributed by atoms with Crippen molar-refractivity contribution in [2.45, 2.75) is 70.5 Å². The lowest BCUT2D eigenvalue weighted by Gasteiger charge is -2.43. The van der Waals surface area contributed by atoms with Gasteiger partial charge in [-0.2, -0.15) is 0 Å². The number of ether oxygens (including phenoxy) is 1. The predicted molar refractivity (Wildman–Crippen MR) is 192 cm³/mol. The molecule has 0 bridgehead atoms. The zero-order valence-corrected chi connectivity index (χ0v) is 28.6. The zero-order valence-electron chi connectivity index (χ0n) is 28.6. The first-order chi connectivity index (χ1) is 24.8. The Hall–Kier alpha value is -5.64. The number of benzene rings is 3. The number of carbonyl (C=O) groups excluding carboxylic acids is 4. The molecule has 4 aliphatic rings. The molecule has 0 aromatic heterocycles. The van der Waals surface area contributed by atoms with Gasteiger partial charge in [0.2, 0.25) is 0 Å². The van der Waals surface area contributed by atoms with Gasteiger partial charge in [-0.3, -0.25) is 19.3 Å². The summed E-state index contributed by atoms with van der Waals surface area (Å²) in [5.74, 6) is -2.94. The summed E-state index contributed by atoms with van der Waals surface area (Å²) >= 11 is 0. The van der Waals surface area contributed by atoms with Crippen molar-refractivity contribution in [3.8, 4) is 5.75 Å².